The number of nitrogens with zero attached hydrogens (tertiary/aromatic N) is 2. The second-order valence-corrected chi connectivity index (χ2v) is 5.85. The summed E-state index contributed by atoms with van der Waals surface area (Å²) in [5.41, 5.74) is 4.44. The highest BCUT2D eigenvalue weighted by atomic mass is 35.6. The van der Waals surface area contributed by atoms with E-state index in [1.165, 1.54) is 6.26 Å². The number of hydrazine groups is 1. The van der Waals surface area contributed by atoms with Gasteiger partial charge in [0.25, 0.3) is 5.89 Å². The van der Waals surface area contributed by atoms with Gasteiger partial charge in [0.05, 0.1) is 6.26 Å². The molecule has 2 aromatic rings. The van der Waals surface area contributed by atoms with Crippen molar-refractivity contribution in [3.63, 3.8) is 0 Å². The van der Waals surface area contributed by atoms with E-state index in [4.69, 9.17) is 43.6 Å². The van der Waals surface area contributed by atoms with Crippen molar-refractivity contribution in [2.75, 3.05) is 12.0 Å². The van der Waals surface area contributed by atoms with Gasteiger partial charge in [-0.15, -0.1) is 5.10 Å². The Hall–Kier alpha value is -1.64. The number of ether oxygens (including phenoxy) is 1. The van der Waals surface area contributed by atoms with Crippen molar-refractivity contribution >= 4 is 46.9 Å². The second-order valence-electron chi connectivity index (χ2n) is 3.33. The van der Waals surface area contributed by atoms with Crippen LogP contribution in [0.4, 0.5) is 10.8 Å². The monoisotopic (exact) mass is 340 g/mol. The second kappa shape index (κ2) is 6.21. The van der Waals surface area contributed by atoms with E-state index >= 15 is 0 Å². The van der Waals surface area contributed by atoms with Gasteiger partial charge in [-0.1, -0.05) is 39.9 Å². The Balaban J connectivity index is 1.81. The van der Waals surface area contributed by atoms with E-state index in [0.29, 0.717) is 5.76 Å². The molecule has 0 saturated carbocycles. The summed E-state index contributed by atoms with van der Waals surface area (Å²) in [5, 5.41) is 7.31. The van der Waals surface area contributed by atoms with Gasteiger partial charge in [0.1, 0.15) is 6.61 Å². The third kappa shape index (κ3) is 4.48. The van der Waals surface area contributed by atoms with Crippen LogP contribution in [0.15, 0.2) is 27.2 Å². The maximum atomic E-state index is 11.2. The first-order valence-electron chi connectivity index (χ1n) is 5.07. The molecule has 2 heterocycles. The minimum Gasteiger partial charge on any atom is -0.459 e. The zero-order valence-corrected chi connectivity index (χ0v) is 11.9. The number of carbonyl (C=O) groups is 1. The first kappa shape index (κ1) is 14.8. The Morgan fingerprint density at radius 2 is 2.20 bits per heavy atom. The van der Waals surface area contributed by atoms with Gasteiger partial charge in [-0.2, -0.15) is 0 Å². The fourth-order valence-corrected chi connectivity index (χ4v) is 1.23. The van der Waals surface area contributed by atoms with E-state index in [1.54, 1.807) is 12.1 Å². The average Bonchev–Trinajstić information content (AvgIpc) is 3.03. The van der Waals surface area contributed by atoms with Crippen molar-refractivity contribution < 1.29 is 18.4 Å². The van der Waals surface area contributed by atoms with Gasteiger partial charge in [-0.05, 0) is 12.1 Å². The number of aromatic nitrogens is 2. The van der Waals surface area contributed by atoms with Crippen molar-refractivity contribution in [3.8, 4) is 11.7 Å². The van der Waals surface area contributed by atoms with Gasteiger partial charge in [-0.3, -0.25) is 0 Å². The van der Waals surface area contributed by atoms with Crippen molar-refractivity contribution in [1.82, 2.24) is 15.6 Å². The van der Waals surface area contributed by atoms with Crippen LogP contribution in [-0.4, -0.2) is 26.7 Å². The molecule has 0 spiro atoms. The van der Waals surface area contributed by atoms with Crippen LogP contribution in [0.5, 0.6) is 0 Å². The molecule has 108 valence electrons. The van der Waals surface area contributed by atoms with Crippen LogP contribution >= 0.6 is 34.8 Å². The van der Waals surface area contributed by atoms with Crippen LogP contribution in [0.2, 0.25) is 0 Å². The Labute approximate surface area is 127 Å². The molecule has 2 rings (SSSR count). The van der Waals surface area contributed by atoms with E-state index < -0.39 is 16.5 Å². The lowest BCUT2D eigenvalue weighted by Gasteiger charge is -2.11. The number of furan rings is 1. The highest BCUT2D eigenvalue weighted by molar-refractivity contribution is 6.67. The summed E-state index contributed by atoms with van der Waals surface area (Å²) in [6.45, 7) is -0.410. The molecule has 1 amide bonds. The lowest BCUT2D eigenvalue weighted by atomic mass is 10.5. The van der Waals surface area contributed by atoms with Crippen LogP contribution in [0, 0.1) is 0 Å². The molecule has 8 nitrogen and oxygen atoms in total. The SMILES string of the molecule is O=C(NNc1nnc(-c2ccco2)o1)OCC(Cl)(Cl)Cl. The summed E-state index contributed by atoms with van der Waals surface area (Å²) in [5.74, 6) is 0.540. The molecule has 0 aliphatic carbocycles. The van der Waals surface area contributed by atoms with Crippen LogP contribution in [0.25, 0.3) is 11.7 Å². The Bertz CT molecular complexity index is 566. The summed E-state index contributed by atoms with van der Waals surface area (Å²) >= 11 is 16.2. The van der Waals surface area contributed by atoms with E-state index in [2.05, 4.69) is 25.8 Å². The van der Waals surface area contributed by atoms with Crippen molar-refractivity contribution in [1.29, 1.82) is 0 Å². The average molecular weight is 342 g/mol. The van der Waals surface area contributed by atoms with Crippen LogP contribution in [-0.2, 0) is 4.74 Å². The molecule has 0 unspecified atom stereocenters. The molecule has 0 radical (unpaired) electrons. The van der Waals surface area contributed by atoms with Gasteiger partial charge in [0.15, 0.2) is 5.76 Å². The number of hydrogen-bond donors (Lipinski definition) is 2. The molecule has 11 heteroatoms. The zero-order valence-electron chi connectivity index (χ0n) is 9.60. The molecule has 0 fully saturated rings. The van der Waals surface area contributed by atoms with E-state index in [9.17, 15) is 4.79 Å². The quantitative estimate of drug-likeness (QED) is 0.651. The highest BCUT2D eigenvalue weighted by Gasteiger charge is 2.22. The highest BCUT2D eigenvalue weighted by Crippen LogP contribution is 2.25. The molecule has 0 aliphatic heterocycles. The standard InChI is InChI=1S/C9H7Cl3N4O4/c10-9(11,12)4-19-8(17)16-15-7-14-13-6(20-7)5-2-1-3-18-5/h1-3H,4H2,(H,14,15)(H,16,17). The molecule has 0 aromatic carbocycles. The molecule has 2 N–H and O–H groups in total. The number of hydrogen-bond acceptors (Lipinski definition) is 7. The zero-order chi connectivity index (χ0) is 14.6. The fraction of sp³-hybridized carbons (Fsp3) is 0.222. The summed E-state index contributed by atoms with van der Waals surface area (Å²) in [6, 6.07) is 3.24. The van der Waals surface area contributed by atoms with Crippen LogP contribution < -0.4 is 10.9 Å². The lowest BCUT2D eigenvalue weighted by molar-refractivity contribution is 0.150. The van der Waals surface area contributed by atoms with Crippen LogP contribution in [0.1, 0.15) is 0 Å². The third-order valence-corrected chi connectivity index (χ3v) is 2.12. The predicted octanol–water partition coefficient (Wildman–Crippen LogP) is 2.75. The number of rotatable bonds is 4. The van der Waals surface area contributed by atoms with Gasteiger partial charge in [0.2, 0.25) is 3.79 Å². The number of halogens is 3. The maximum Gasteiger partial charge on any atom is 0.426 e. The molecule has 20 heavy (non-hydrogen) atoms. The Morgan fingerprint density at radius 3 is 2.85 bits per heavy atom. The lowest BCUT2D eigenvalue weighted by Crippen LogP contribution is -2.32. The van der Waals surface area contributed by atoms with Crippen molar-refractivity contribution in [3.05, 3.63) is 18.4 Å². The first-order valence-corrected chi connectivity index (χ1v) is 6.20. The number of amides is 1. The van der Waals surface area contributed by atoms with Gasteiger partial charge in [0, 0.05) is 0 Å². The molecule has 2 aromatic heterocycles. The van der Waals surface area contributed by atoms with Gasteiger partial charge in [-0.25, -0.2) is 15.6 Å². The van der Waals surface area contributed by atoms with E-state index in [-0.39, 0.29) is 11.9 Å². The number of nitrogens with one attached hydrogen (secondary N) is 2. The largest absolute Gasteiger partial charge is 0.459 e. The van der Waals surface area contributed by atoms with E-state index in [0.717, 1.165) is 0 Å². The maximum absolute atomic E-state index is 11.2. The summed E-state index contributed by atoms with van der Waals surface area (Å²) in [7, 11) is 0. The molecule has 0 saturated heterocycles. The van der Waals surface area contributed by atoms with E-state index in [1.807, 2.05) is 0 Å². The summed E-state index contributed by atoms with van der Waals surface area (Å²) in [4.78, 5) is 11.2. The summed E-state index contributed by atoms with van der Waals surface area (Å²) < 4.78 is 13.1. The predicted molar refractivity (Wildman–Crippen MR) is 70.4 cm³/mol. The minimum absolute atomic E-state index is 0.0674. The topological polar surface area (TPSA) is 102 Å². The molecular weight excluding hydrogens is 334 g/mol. The normalized spacial score (nSPS) is 11.2. The number of anilines is 1. The van der Waals surface area contributed by atoms with Gasteiger partial charge < -0.3 is 13.6 Å². The number of alkyl halides is 3. The smallest absolute Gasteiger partial charge is 0.426 e. The van der Waals surface area contributed by atoms with Gasteiger partial charge >= 0.3 is 12.1 Å². The molecule has 0 bridgehead atoms. The molecule has 0 aliphatic rings. The van der Waals surface area contributed by atoms with Crippen LogP contribution in [0.3, 0.4) is 0 Å². The summed E-state index contributed by atoms with van der Waals surface area (Å²) in [6.07, 6.45) is 0.577. The van der Waals surface area contributed by atoms with Crippen molar-refractivity contribution in [2.45, 2.75) is 3.79 Å². The fourth-order valence-electron chi connectivity index (χ4n) is 1.06. The first-order chi connectivity index (χ1) is 9.44. The Morgan fingerprint density at radius 1 is 1.40 bits per heavy atom. The third-order valence-electron chi connectivity index (χ3n) is 1.80. The number of carbonyl (C=O) groups excluding carboxylic acids is 1. The van der Waals surface area contributed by atoms with Crippen molar-refractivity contribution in [2.24, 2.45) is 0 Å². The Kier molecular flexibility index (Phi) is 4.58. The molecule has 0 atom stereocenters. The minimum atomic E-state index is -1.69. The molecular formula is C9H7Cl3N4O4.